The zero-order chi connectivity index (χ0) is 19.2. The highest BCUT2D eigenvalue weighted by atomic mass is 16.1. The van der Waals surface area contributed by atoms with Crippen molar-refractivity contribution < 1.29 is 4.79 Å². The molecule has 2 heterocycles. The maximum atomic E-state index is 12.7. The van der Waals surface area contributed by atoms with E-state index < -0.39 is 0 Å². The average Bonchev–Trinajstić information content (AvgIpc) is 2.68. The Labute approximate surface area is 158 Å². The highest BCUT2D eigenvalue weighted by molar-refractivity contribution is 6.05. The van der Waals surface area contributed by atoms with Crippen molar-refractivity contribution in [3.63, 3.8) is 0 Å². The van der Waals surface area contributed by atoms with Gasteiger partial charge in [-0.05, 0) is 43.2 Å². The van der Waals surface area contributed by atoms with Gasteiger partial charge in [-0.2, -0.15) is 4.98 Å². The molecule has 3 N–H and O–H groups in total. The fourth-order valence-electron chi connectivity index (χ4n) is 2.69. The molecule has 1 aromatic carbocycles. The number of carbonyl (C=O) groups excluding carboxylic acids is 1. The molecule has 0 atom stereocenters. The Hall–Kier alpha value is -3.48. The van der Waals surface area contributed by atoms with Crippen molar-refractivity contribution in [2.24, 2.45) is 0 Å². The molecular formula is C20H22N6O. The molecule has 0 spiro atoms. The number of pyridine rings is 1. The third-order valence-electron chi connectivity index (χ3n) is 4.02. The van der Waals surface area contributed by atoms with E-state index in [0.29, 0.717) is 17.2 Å². The molecule has 0 radical (unpaired) electrons. The molecule has 2 aromatic heterocycles. The van der Waals surface area contributed by atoms with Gasteiger partial charge in [-0.15, -0.1) is 0 Å². The number of nitrogens with zero attached hydrogens (tertiary/aromatic N) is 3. The second-order valence-electron chi connectivity index (χ2n) is 6.01. The van der Waals surface area contributed by atoms with Crippen molar-refractivity contribution in [2.45, 2.75) is 20.3 Å². The molecule has 1 amide bonds. The summed E-state index contributed by atoms with van der Waals surface area (Å²) in [5.41, 5.74) is 3.81. The first-order valence-corrected chi connectivity index (χ1v) is 8.74. The van der Waals surface area contributed by atoms with E-state index in [1.165, 1.54) is 0 Å². The molecule has 0 bridgehead atoms. The Kier molecular flexibility index (Phi) is 5.61. The summed E-state index contributed by atoms with van der Waals surface area (Å²) in [5.74, 6) is 1.02. The Balaban J connectivity index is 1.87. The van der Waals surface area contributed by atoms with Crippen LogP contribution in [0.3, 0.4) is 0 Å². The van der Waals surface area contributed by atoms with Gasteiger partial charge in [0.15, 0.2) is 0 Å². The predicted octanol–water partition coefficient (Wildman–Crippen LogP) is 3.78. The molecule has 138 valence electrons. The van der Waals surface area contributed by atoms with Crippen LogP contribution in [0.2, 0.25) is 0 Å². The lowest BCUT2D eigenvalue weighted by molar-refractivity contribution is 0.102. The van der Waals surface area contributed by atoms with Crippen molar-refractivity contribution in [3.8, 4) is 0 Å². The Morgan fingerprint density at radius 1 is 1.11 bits per heavy atom. The first-order chi connectivity index (χ1) is 13.1. The monoisotopic (exact) mass is 362 g/mol. The number of carbonyl (C=O) groups is 1. The zero-order valence-electron chi connectivity index (χ0n) is 15.6. The van der Waals surface area contributed by atoms with E-state index in [9.17, 15) is 4.79 Å². The van der Waals surface area contributed by atoms with Crippen LogP contribution in [0.4, 0.5) is 23.1 Å². The maximum Gasteiger partial charge on any atom is 0.256 e. The van der Waals surface area contributed by atoms with Crippen LogP contribution in [0.15, 0.2) is 48.8 Å². The minimum absolute atomic E-state index is 0.176. The second-order valence-corrected chi connectivity index (χ2v) is 6.01. The van der Waals surface area contributed by atoms with Gasteiger partial charge in [0.05, 0.1) is 11.9 Å². The van der Waals surface area contributed by atoms with Crippen LogP contribution < -0.4 is 16.0 Å². The molecule has 0 aliphatic rings. The highest BCUT2D eigenvalue weighted by Gasteiger charge is 2.13. The van der Waals surface area contributed by atoms with Crippen LogP contribution in [-0.4, -0.2) is 27.9 Å². The normalized spacial score (nSPS) is 10.3. The van der Waals surface area contributed by atoms with Gasteiger partial charge >= 0.3 is 0 Å². The van der Waals surface area contributed by atoms with E-state index >= 15 is 0 Å². The summed E-state index contributed by atoms with van der Waals surface area (Å²) in [4.78, 5) is 25.5. The third-order valence-corrected chi connectivity index (χ3v) is 4.02. The number of aryl methyl sites for hydroxylation is 2. The minimum atomic E-state index is -0.176. The number of rotatable bonds is 6. The van der Waals surface area contributed by atoms with Gasteiger partial charge in [-0.25, -0.2) is 4.98 Å². The molecule has 0 aliphatic carbocycles. The molecular weight excluding hydrogens is 340 g/mol. The van der Waals surface area contributed by atoms with E-state index in [2.05, 4.69) is 30.9 Å². The van der Waals surface area contributed by atoms with Crippen LogP contribution in [0.5, 0.6) is 0 Å². The number of hydrogen-bond acceptors (Lipinski definition) is 6. The summed E-state index contributed by atoms with van der Waals surface area (Å²) >= 11 is 0. The molecule has 0 saturated carbocycles. The molecule has 27 heavy (non-hydrogen) atoms. The number of anilines is 4. The smallest absolute Gasteiger partial charge is 0.256 e. The largest absolute Gasteiger partial charge is 0.373 e. The molecule has 0 unspecified atom stereocenters. The summed E-state index contributed by atoms with van der Waals surface area (Å²) in [7, 11) is 1.81. The van der Waals surface area contributed by atoms with Crippen LogP contribution in [0.1, 0.15) is 28.5 Å². The number of amides is 1. The fourth-order valence-corrected chi connectivity index (χ4v) is 2.69. The van der Waals surface area contributed by atoms with Gasteiger partial charge in [-0.1, -0.05) is 13.0 Å². The van der Waals surface area contributed by atoms with Crippen molar-refractivity contribution in [2.75, 3.05) is 23.0 Å². The van der Waals surface area contributed by atoms with E-state index in [4.69, 9.17) is 0 Å². The van der Waals surface area contributed by atoms with E-state index in [1.807, 2.05) is 45.2 Å². The van der Waals surface area contributed by atoms with Gasteiger partial charge in [0.1, 0.15) is 5.82 Å². The first kappa shape index (κ1) is 18.3. The molecule has 0 saturated heterocycles. The number of nitrogens with one attached hydrogen (secondary N) is 3. The lowest BCUT2D eigenvalue weighted by atomic mass is 10.0. The maximum absolute atomic E-state index is 12.7. The summed E-state index contributed by atoms with van der Waals surface area (Å²) in [6.07, 6.45) is 4.03. The van der Waals surface area contributed by atoms with Gasteiger partial charge in [-0.3, -0.25) is 9.78 Å². The first-order valence-electron chi connectivity index (χ1n) is 8.74. The van der Waals surface area contributed by atoms with Crippen molar-refractivity contribution in [3.05, 3.63) is 65.6 Å². The predicted molar refractivity (Wildman–Crippen MR) is 108 cm³/mol. The van der Waals surface area contributed by atoms with Crippen LogP contribution in [0.25, 0.3) is 0 Å². The van der Waals surface area contributed by atoms with Crippen LogP contribution in [0, 0.1) is 6.92 Å². The molecule has 7 heteroatoms. The van der Waals surface area contributed by atoms with E-state index in [1.54, 1.807) is 24.5 Å². The molecule has 7 nitrogen and oxygen atoms in total. The fraction of sp³-hybridized carbons (Fsp3) is 0.200. The zero-order valence-corrected chi connectivity index (χ0v) is 15.6. The lowest BCUT2D eigenvalue weighted by Gasteiger charge is -2.12. The standard InChI is InChI=1S/C20H22N6O/c1-4-14-7-8-15(25-20-23-13(2)10-18(21-3)26-20)11-17(14)19(27)24-16-6-5-9-22-12-16/h5-12H,4H2,1-3H3,(H,24,27)(H2,21,23,25,26). The Morgan fingerprint density at radius 2 is 1.96 bits per heavy atom. The quantitative estimate of drug-likeness (QED) is 0.618. The Bertz CT molecular complexity index is 942. The number of aromatic nitrogens is 3. The average molecular weight is 362 g/mol. The topological polar surface area (TPSA) is 91.8 Å². The SMILES string of the molecule is CCc1ccc(Nc2nc(C)cc(NC)n2)cc1C(=O)Nc1cccnc1. The summed E-state index contributed by atoms with van der Waals surface area (Å²) in [6.45, 7) is 3.92. The molecule has 3 rings (SSSR count). The molecule has 0 fully saturated rings. The van der Waals surface area contributed by atoms with E-state index in [-0.39, 0.29) is 5.91 Å². The van der Waals surface area contributed by atoms with Crippen LogP contribution >= 0.6 is 0 Å². The van der Waals surface area contributed by atoms with Gasteiger partial charge in [0.25, 0.3) is 5.91 Å². The lowest BCUT2D eigenvalue weighted by Crippen LogP contribution is -2.14. The molecule has 3 aromatic rings. The van der Waals surface area contributed by atoms with Gasteiger partial charge in [0.2, 0.25) is 5.95 Å². The molecule has 0 aliphatic heterocycles. The third kappa shape index (κ3) is 4.58. The van der Waals surface area contributed by atoms with Crippen molar-refractivity contribution in [1.29, 1.82) is 0 Å². The number of hydrogen-bond donors (Lipinski definition) is 3. The van der Waals surface area contributed by atoms with Gasteiger partial charge in [0, 0.05) is 36.3 Å². The number of benzene rings is 1. The highest BCUT2D eigenvalue weighted by Crippen LogP contribution is 2.21. The van der Waals surface area contributed by atoms with Crippen LogP contribution in [-0.2, 0) is 6.42 Å². The summed E-state index contributed by atoms with van der Waals surface area (Å²) < 4.78 is 0. The van der Waals surface area contributed by atoms with Gasteiger partial charge < -0.3 is 16.0 Å². The summed E-state index contributed by atoms with van der Waals surface area (Å²) in [6, 6.07) is 11.1. The second kappa shape index (κ2) is 8.27. The van der Waals surface area contributed by atoms with E-state index in [0.717, 1.165) is 29.2 Å². The minimum Gasteiger partial charge on any atom is -0.373 e. The Morgan fingerprint density at radius 3 is 2.67 bits per heavy atom. The summed E-state index contributed by atoms with van der Waals surface area (Å²) in [5, 5.41) is 9.06. The van der Waals surface area contributed by atoms with Crippen molar-refractivity contribution >= 4 is 29.0 Å². The van der Waals surface area contributed by atoms with Crippen molar-refractivity contribution in [1.82, 2.24) is 15.0 Å².